The summed E-state index contributed by atoms with van der Waals surface area (Å²) >= 11 is 0. The van der Waals surface area contributed by atoms with Crippen molar-refractivity contribution in [1.82, 2.24) is 14.8 Å². The molecule has 3 rings (SSSR count). The summed E-state index contributed by atoms with van der Waals surface area (Å²) in [6, 6.07) is 6.65. The molecule has 1 aromatic carbocycles. The van der Waals surface area contributed by atoms with E-state index in [0.29, 0.717) is 12.1 Å². The maximum absolute atomic E-state index is 14.0. The molecule has 1 aliphatic rings. The van der Waals surface area contributed by atoms with Crippen LogP contribution in [0.5, 0.6) is 0 Å². The van der Waals surface area contributed by atoms with Crippen LogP contribution >= 0.6 is 0 Å². The fourth-order valence-corrected chi connectivity index (χ4v) is 3.40. The van der Waals surface area contributed by atoms with Crippen LogP contribution in [0.2, 0.25) is 0 Å². The first-order chi connectivity index (χ1) is 10.9. The van der Waals surface area contributed by atoms with Crippen LogP contribution in [0.25, 0.3) is 6.08 Å². The van der Waals surface area contributed by atoms with E-state index >= 15 is 0 Å². The molecule has 5 heteroatoms. The van der Waals surface area contributed by atoms with E-state index in [9.17, 15) is 9.50 Å². The number of rotatable bonds is 3. The second-order valence-corrected chi connectivity index (χ2v) is 6.88. The highest BCUT2D eigenvalue weighted by atomic mass is 19.1. The monoisotopic (exact) mass is 315 g/mol. The quantitative estimate of drug-likeness (QED) is 0.944. The Bertz CT molecular complexity index is 709. The van der Waals surface area contributed by atoms with E-state index in [1.54, 1.807) is 35.3 Å². The standard InChI is InChI=1S/C18H22FN3O/c1-17(2)9-5-7-15(10-14-6-3-4-8-16(14)19)18(17,23)11-22-13-20-12-21-22/h3-4,6,8,10,12-13,23H,5,7,9,11H2,1-2H3/b15-10+. The molecule has 1 aromatic heterocycles. The van der Waals surface area contributed by atoms with Gasteiger partial charge in [-0.1, -0.05) is 32.0 Å². The van der Waals surface area contributed by atoms with Gasteiger partial charge in [0.25, 0.3) is 0 Å². The van der Waals surface area contributed by atoms with Gasteiger partial charge in [0.1, 0.15) is 24.1 Å². The van der Waals surface area contributed by atoms with Crippen molar-refractivity contribution in [3.63, 3.8) is 0 Å². The maximum atomic E-state index is 14.0. The minimum absolute atomic E-state index is 0.272. The number of hydrogen-bond donors (Lipinski definition) is 1. The Morgan fingerprint density at radius 3 is 2.83 bits per heavy atom. The van der Waals surface area contributed by atoms with Gasteiger partial charge in [-0.3, -0.25) is 0 Å². The Morgan fingerprint density at radius 1 is 1.35 bits per heavy atom. The van der Waals surface area contributed by atoms with Gasteiger partial charge in [0.15, 0.2) is 0 Å². The third kappa shape index (κ3) is 2.93. The Labute approximate surface area is 135 Å². The van der Waals surface area contributed by atoms with Crippen LogP contribution in [0.15, 0.2) is 42.5 Å². The van der Waals surface area contributed by atoms with Crippen molar-refractivity contribution in [1.29, 1.82) is 0 Å². The number of aliphatic hydroxyl groups is 1. The topological polar surface area (TPSA) is 50.9 Å². The van der Waals surface area contributed by atoms with Crippen LogP contribution in [0.1, 0.15) is 38.7 Å². The van der Waals surface area contributed by atoms with Gasteiger partial charge in [0.05, 0.1) is 6.54 Å². The summed E-state index contributed by atoms with van der Waals surface area (Å²) in [6.07, 6.45) is 7.50. The Hall–Kier alpha value is -2.01. The average molecular weight is 315 g/mol. The smallest absolute Gasteiger partial charge is 0.137 e. The van der Waals surface area contributed by atoms with Gasteiger partial charge in [0.2, 0.25) is 0 Å². The van der Waals surface area contributed by atoms with Crippen molar-refractivity contribution in [2.45, 2.75) is 45.3 Å². The van der Waals surface area contributed by atoms with Crippen LogP contribution in [0.4, 0.5) is 4.39 Å². The Morgan fingerprint density at radius 2 is 2.13 bits per heavy atom. The zero-order chi connectivity index (χ0) is 16.5. The molecule has 1 fully saturated rings. The van der Waals surface area contributed by atoms with Crippen LogP contribution < -0.4 is 0 Å². The number of hydrogen-bond acceptors (Lipinski definition) is 3. The summed E-state index contributed by atoms with van der Waals surface area (Å²) in [4.78, 5) is 3.95. The average Bonchev–Trinajstić information content (AvgIpc) is 2.99. The van der Waals surface area contributed by atoms with Crippen LogP contribution in [0, 0.1) is 11.2 Å². The van der Waals surface area contributed by atoms with E-state index in [4.69, 9.17) is 0 Å². The van der Waals surface area contributed by atoms with Gasteiger partial charge in [-0.25, -0.2) is 14.1 Å². The highest BCUT2D eigenvalue weighted by Gasteiger charge is 2.48. The molecule has 0 spiro atoms. The van der Waals surface area contributed by atoms with Crippen molar-refractivity contribution in [2.75, 3.05) is 0 Å². The van der Waals surface area contributed by atoms with E-state index in [0.717, 1.165) is 24.8 Å². The third-order valence-corrected chi connectivity index (χ3v) is 4.99. The molecule has 1 unspecified atom stereocenters. The lowest BCUT2D eigenvalue weighted by atomic mass is 9.62. The van der Waals surface area contributed by atoms with Crippen molar-refractivity contribution < 1.29 is 9.50 Å². The van der Waals surface area contributed by atoms with Crippen LogP contribution in [-0.2, 0) is 6.54 Å². The molecule has 1 N–H and O–H groups in total. The second kappa shape index (κ2) is 5.89. The Balaban J connectivity index is 2.04. The first-order valence-corrected chi connectivity index (χ1v) is 7.93. The van der Waals surface area contributed by atoms with E-state index < -0.39 is 5.60 Å². The van der Waals surface area contributed by atoms with Gasteiger partial charge in [-0.15, -0.1) is 0 Å². The summed E-state index contributed by atoms with van der Waals surface area (Å²) in [5.74, 6) is -0.272. The molecule has 4 nitrogen and oxygen atoms in total. The van der Waals surface area contributed by atoms with E-state index in [1.807, 2.05) is 0 Å². The normalized spacial score (nSPS) is 25.7. The molecule has 1 aliphatic carbocycles. The molecule has 0 radical (unpaired) electrons. The van der Waals surface area contributed by atoms with E-state index in [2.05, 4.69) is 23.9 Å². The van der Waals surface area contributed by atoms with Gasteiger partial charge >= 0.3 is 0 Å². The molecule has 23 heavy (non-hydrogen) atoms. The number of halogens is 1. The van der Waals surface area contributed by atoms with Crippen LogP contribution in [0.3, 0.4) is 0 Å². The molecule has 1 saturated carbocycles. The lowest BCUT2D eigenvalue weighted by molar-refractivity contribution is -0.0692. The molecule has 0 bridgehead atoms. The first-order valence-electron chi connectivity index (χ1n) is 7.93. The number of benzene rings is 1. The molecule has 1 heterocycles. The van der Waals surface area contributed by atoms with Crippen molar-refractivity contribution in [3.05, 3.63) is 53.9 Å². The summed E-state index contributed by atoms with van der Waals surface area (Å²) in [6.45, 7) is 4.43. The summed E-state index contributed by atoms with van der Waals surface area (Å²) in [5, 5.41) is 15.6. The third-order valence-electron chi connectivity index (χ3n) is 4.99. The molecule has 122 valence electrons. The SMILES string of the molecule is CC1(C)CCC/C(=C\c2ccccc2F)C1(O)Cn1cncn1. The van der Waals surface area contributed by atoms with E-state index in [1.165, 1.54) is 12.4 Å². The van der Waals surface area contributed by atoms with Gasteiger partial charge in [-0.05, 0) is 42.4 Å². The summed E-state index contributed by atoms with van der Waals surface area (Å²) < 4.78 is 15.7. The fourth-order valence-electron chi connectivity index (χ4n) is 3.40. The first kappa shape index (κ1) is 15.9. The largest absolute Gasteiger partial charge is 0.383 e. The molecule has 1 atom stereocenters. The molecule has 0 aliphatic heterocycles. The van der Waals surface area contributed by atoms with Gasteiger partial charge < -0.3 is 5.11 Å². The zero-order valence-electron chi connectivity index (χ0n) is 13.5. The lowest BCUT2D eigenvalue weighted by Crippen LogP contribution is -2.52. The predicted octanol–water partition coefficient (Wildman–Crippen LogP) is 3.44. The highest BCUT2D eigenvalue weighted by Crippen LogP contribution is 2.48. The molecule has 2 aromatic rings. The van der Waals surface area contributed by atoms with Gasteiger partial charge in [-0.2, -0.15) is 5.10 Å². The summed E-state index contributed by atoms with van der Waals surface area (Å²) in [7, 11) is 0. The minimum atomic E-state index is -1.08. The molecular weight excluding hydrogens is 293 g/mol. The highest BCUT2D eigenvalue weighted by molar-refractivity contribution is 5.56. The fraction of sp³-hybridized carbons (Fsp3) is 0.444. The maximum Gasteiger partial charge on any atom is 0.137 e. The minimum Gasteiger partial charge on any atom is -0.383 e. The predicted molar refractivity (Wildman–Crippen MR) is 87.0 cm³/mol. The second-order valence-electron chi connectivity index (χ2n) is 6.88. The Kier molecular flexibility index (Phi) is 4.06. The molecule has 0 amide bonds. The number of aromatic nitrogens is 3. The van der Waals surface area contributed by atoms with Crippen molar-refractivity contribution >= 4 is 6.08 Å². The van der Waals surface area contributed by atoms with Crippen molar-refractivity contribution in [3.8, 4) is 0 Å². The molecule has 0 saturated heterocycles. The zero-order valence-corrected chi connectivity index (χ0v) is 13.5. The number of nitrogens with zero attached hydrogens (tertiary/aromatic N) is 3. The van der Waals surface area contributed by atoms with Crippen molar-refractivity contribution in [2.24, 2.45) is 5.41 Å². The van der Waals surface area contributed by atoms with Crippen LogP contribution in [-0.4, -0.2) is 25.5 Å². The lowest BCUT2D eigenvalue weighted by Gasteiger charge is -2.48. The summed E-state index contributed by atoms with van der Waals surface area (Å²) in [5.41, 5.74) is -0.0400. The van der Waals surface area contributed by atoms with Gasteiger partial charge in [0, 0.05) is 5.56 Å². The van der Waals surface area contributed by atoms with E-state index in [-0.39, 0.29) is 11.2 Å². The molecular formula is C18H22FN3O.